The second-order valence-corrected chi connectivity index (χ2v) is 5.45. The predicted molar refractivity (Wildman–Crippen MR) is 74.8 cm³/mol. The fourth-order valence-corrected chi connectivity index (χ4v) is 3.09. The highest BCUT2D eigenvalue weighted by Gasteiger charge is 2.37. The molecule has 1 aromatic rings. The molecule has 0 aromatic heterocycles. The number of hydrogen-bond acceptors (Lipinski definition) is 2. The molecule has 0 bridgehead atoms. The molecule has 1 fully saturated rings. The van der Waals surface area contributed by atoms with Crippen molar-refractivity contribution in [3.05, 3.63) is 28.8 Å². The maximum atomic E-state index is 12.2. The van der Waals surface area contributed by atoms with E-state index in [1.54, 1.807) is 0 Å². The quantitative estimate of drug-likeness (QED) is 0.870. The van der Waals surface area contributed by atoms with Gasteiger partial charge >= 0.3 is 0 Å². The lowest BCUT2D eigenvalue weighted by atomic mass is 10.0. The van der Waals surface area contributed by atoms with Gasteiger partial charge in [0.2, 0.25) is 5.91 Å². The molecule has 1 aliphatic heterocycles. The van der Waals surface area contributed by atoms with Crippen molar-refractivity contribution < 1.29 is 4.79 Å². The Bertz CT molecular complexity index is 458. The zero-order chi connectivity index (χ0) is 13.4. The summed E-state index contributed by atoms with van der Waals surface area (Å²) in [7, 11) is 0. The van der Waals surface area contributed by atoms with E-state index in [-0.39, 0.29) is 17.9 Å². The van der Waals surface area contributed by atoms with Crippen molar-refractivity contribution in [3.63, 3.8) is 0 Å². The van der Waals surface area contributed by atoms with Gasteiger partial charge in [0.05, 0.1) is 0 Å². The number of anilines is 1. The Hall–Kier alpha value is -1.35. The van der Waals surface area contributed by atoms with Gasteiger partial charge in [0.15, 0.2) is 0 Å². The molecule has 3 heteroatoms. The van der Waals surface area contributed by atoms with Crippen molar-refractivity contribution in [2.45, 2.75) is 40.2 Å². The fourth-order valence-electron chi connectivity index (χ4n) is 3.09. The van der Waals surface area contributed by atoms with E-state index < -0.39 is 0 Å². The first-order chi connectivity index (χ1) is 8.45. The maximum absolute atomic E-state index is 12.2. The van der Waals surface area contributed by atoms with Crippen LogP contribution in [0.2, 0.25) is 0 Å². The smallest absolute Gasteiger partial charge is 0.227 e. The SMILES string of the molecule is Cc1cc(C)c(N2C(=O)CC(CN)C2C)c(C)c1. The highest BCUT2D eigenvalue weighted by Crippen LogP contribution is 2.35. The third kappa shape index (κ3) is 2.03. The van der Waals surface area contributed by atoms with Gasteiger partial charge < -0.3 is 10.6 Å². The van der Waals surface area contributed by atoms with Crippen LogP contribution < -0.4 is 10.6 Å². The largest absolute Gasteiger partial charge is 0.330 e. The van der Waals surface area contributed by atoms with Crippen molar-refractivity contribution in [1.29, 1.82) is 0 Å². The minimum Gasteiger partial charge on any atom is -0.330 e. The van der Waals surface area contributed by atoms with E-state index in [4.69, 9.17) is 5.73 Å². The Labute approximate surface area is 109 Å². The Morgan fingerprint density at radius 2 is 1.83 bits per heavy atom. The normalized spacial score (nSPS) is 23.8. The Morgan fingerprint density at radius 3 is 2.28 bits per heavy atom. The van der Waals surface area contributed by atoms with Crippen LogP contribution in [-0.2, 0) is 4.79 Å². The minimum atomic E-state index is 0.197. The highest BCUT2D eigenvalue weighted by atomic mass is 16.2. The van der Waals surface area contributed by atoms with E-state index in [0.29, 0.717) is 13.0 Å². The number of carbonyl (C=O) groups excluding carboxylic acids is 1. The molecule has 1 heterocycles. The molecule has 2 rings (SSSR count). The van der Waals surface area contributed by atoms with Crippen molar-refractivity contribution in [1.82, 2.24) is 0 Å². The molecule has 3 nitrogen and oxygen atoms in total. The number of rotatable bonds is 2. The number of hydrogen-bond donors (Lipinski definition) is 1. The first-order valence-electron chi connectivity index (χ1n) is 6.55. The lowest BCUT2D eigenvalue weighted by molar-refractivity contribution is -0.117. The summed E-state index contributed by atoms with van der Waals surface area (Å²) in [4.78, 5) is 14.2. The van der Waals surface area contributed by atoms with E-state index in [2.05, 4.69) is 39.8 Å². The second kappa shape index (κ2) is 4.73. The van der Waals surface area contributed by atoms with Crippen LogP contribution in [-0.4, -0.2) is 18.5 Å². The molecule has 1 aliphatic rings. The van der Waals surface area contributed by atoms with Crippen molar-refractivity contribution in [2.75, 3.05) is 11.4 Å². The molecule has 0 spiro atoms. The summed E-state index contributed by atoms with van der Waals surface area (Å²) in [5.74, 6) is 0.477. The van der Waals surface area contributed by atoms with Gasteiger partial charge in [-0.2, -0.15) is 0 Å². The predicted octanol–water partition coefficient (Wildman–Crippen LogP) is 2.31. The average Bonchev–Trinajstić information content (AvgIpc) is 2.55. The van der Waals surface area contributed by atoms with E-state index in [1.165, 1.54) is 16.7 Å². The monoisotopic (exact) mass is 246 g/mol. The van der Waals surface area contributed by atoms with E-state index in [1.807, 2.05) is 4.90 Å². The number of nitrogens with two attached hydrogens (primary N) is 1. The molecule has 0 aliphatic carbocycles. The topological polar surface area (TPSA) is 46.3 Å². The molecule has 2 N–H and O–H groups in total. The van der Waals surface area contributed by atoms with Gasteiger partial charge in [0.1, 0.15) is 0 Å². The molecule has 0 radical (unpaired) electrons. The van der Waals surface area contributed by atoms with E-state index in [0.717, 1.165) is 5.69 Å². The third-order valence-electron chi connectivity index (χ3n) is 3.97. The summed E-state index contributed by atoms with van der Waals surface area (Å²) in [6, 6.07) is 4.47. The van der Waals surface area contributed by atoms with Gasteiger partial charge in [-0.3, -0.25) is 4.79 Å². The lowest BCUT2D eigenvalue weighted by Gasteiger charge is -2.28. The third-order valence-corrected chi connectivity index (χ3v) is 3.97. The number of benzene rings is 1. The standard InChI is InChI=1S/C15H22N2O/c1-9-5-10(2)15(11(3)6-9)17-12(4)13(8-16)7-14(17)18/h5-6,12-13H,7-8,16H2,1-4H3. The van der Waals surface area contributed by atoms with Gasteiger partial charge in [0, 0.05) is 24.1 Å². The van der Waals surface area contributed by atoms with E-state index in [9.17, 15) is 4.79 Å². The van der Waals surface area contributed by atoms with Crippen LogP contribution >= 0.6 is 0 Å². The minimum absolute atomic E-state index is 0.197. The Balaban J connectivity index is 2.46. The van der Waals surface area contributed by atoms with Crippen LogP contribution in [0.5, 0.6) is 0 Å². The summed E-state index contributed by atoms with van der Waals surface area (Å²) in [6.07, 6.45) is 0.574. The summed E-state index contributed by atoms with van der Waals surface area (Å²) in [5.41, 5.74) is 10.4. The summed E-state index contributed by atoms with van der Waals surface area (Å²) < 4.78 is 0. The van der Waals surface area contributed by atoms with Crippen LogP contribution in [0.15, 0.2) is 12.1 Å². The number of amides is 1. The molecular weight excluding hydrogens is 224 g/mol. The van der Waals surface area contributed by atoms with Crippen LogP contribution in [0.4, 0.5) is 5.69 Å². The summed E-state index contributed by atoms with van der Waals surface area (Å²) in [5, 5.41) is 0. The van der Waals surface area contributed by atoms with Crippen molar-refractivity contribution >= 4 is 11.6 Å². The fraction of sp³-hybridized carbons (Fsp3) is 0.533. The zero-order valence-corrected chi connectivity index (χ0v) is 11.7. The molecular formula is C15H22N2O. The maximum Gasteiger partial charge on any atom is 0.227 e. The van der Waals surface area contributed by atoms with Crippen LogP contribution in [0.25, 0.3) is 0 Å². The Morgan fingerprint density at radius 1 is 1.28 bits per heavy atom. The van der Waals surface area contributed by atoms with Gasteiger partial charge in [-0.25, -0.2) is 0 Å². The van der Waals surface area contributed by atoms with Gasteiger partial charge in [-0.1, -0.05) is 17.7 Å². The highest BCUT2D eigenvalue weighted by molar-refractivity contribution is 5.98. The van der Waals surface area contributed by atoms with Gasteiger partial charge in [-0.15, -0.1) is 0 Å². The first kappa shape index (κ1) is 13.1. The van der Waals surface area contributed by atoms with Gasteiger partial charge in [0.25, 0.3) is 0 Å². The van der Waals surface area contributed by atoms with Crippen molar-refractivity contribution in [3.8, 4) is 0 Å². The molecule has 0 saturated carbocycles. The number of carbonyl (C=O) groups is 1. The molecule has 1 aromatic carbocycles. The molecule has 2 unspecified atom stereocenters. The molecule has 1 amide bonds. The van der Waals surface area contributed by atoms with Gasteiger partial charge in [-0.05, 0) is 45.4 Å². The molecule has 98 valence electrons. The second-order valence-electron chi connectivity index (χ2n) is 5.45. The first-order valence-corrected chi connectivity index (χ1v) is 6.55. The number of aryl methyl sites for hydroxylation is 3. The lowest BCUT2D eigenvalue weighted by Crippen LogP contribution is -2.35. The van der Waals surface area contributed by atoms with Crippen LogP contribution in [0.3, 0.4) is 0 Å². The molecule has 1 saturated heterocycles. The average molecular weight is 246 g/mol. The summed E-state index contributed by atoms with van der Waals surface area (Å²) >= 11 is 0. The van der Waals surface area contributed by atoms with Crippen molar-refractivity contribution in [2.24, 2.45) is 11.7 Å². The van der Waals surface area contributed by atoms with E-state index >= 15 is 0 Å². The Kier molecular flexibility index (Phi) is 3.44. The molecule has 18 heavy (non-hydrogen) atoms. The summed E-state index contributed by atoms with van der Waals surface area (Å²) in [6.45, 7) is 8.91. The van der Waals surface area contributed by atoms with Crippen LogP contribution in [0, 0.1) is 26.7 Å². The molecule has 2 atom stereocenters. The zero-order valence-electron chi connectivity index (χ0n) is 11.7. The van der Waals surface area contributed by atoms with Crippen LogP contribution in [0.1, 0.15) is 30.0 Å². The number of nitrogens with zero attached hydrogens (tertiary/aromatic N) is 1.